The Labute approximate surface area is 100 Å². The molecule has 2 atom stereocenters. The number of methoxy groups -OCH3 is 1. The van der Waals surface area contributed by atoms with E-state index in [9.17, 15) is 0 Å². The van der Waals surface area contributed by atoms with E-state index >= 15 is 0 Å². The molecule has 0 saturated carbocycles. The average Bonchev–Trinajstić information content (AvgIpc) is 2.27. The maximum atomic E-state index is 5.90. The van der Waals surface area contributed by atoms with E-state index in [1.807, 2.05) is 6.92 Å². The molecule has 0 aliphatic rings. The number of nitrogens with zero attached hydrogens (tertiary/aromatic N) is 1. The summed E-state index contributed by atoms with van der Waals surface area (Å²) in [7, 11) is 1.73. The van der Waals surface area contributed by atoms with Crippen molar-refractivity contribution in [1.29, 1.82) is 0 Å². The second-order valence-corrected chi connectivity index (χ2v) is 4.43. The van der Waals surface area contributed by atoms with Gasteiger partial charge < -0.3 is 15.2 Å². The van der Waals surface area contributed by atoms with Crippen LogP contribution < -0.4 is 5.73 Å². The topological polar surface area (TPSA) is 47.7 Å². The van der Waals surface area contributed by atoms with Gasteiger partial charge in [-0.1, -0.05) is 6.92 Å². The standard InChI is InChI=1S/C12H28N2O2/c1-6-14(11(3)8-15-5)12(4,9-13)10-16-7-2/h11H,6-10,13H2,1-5H3. The van der Waals surface area contributed by atoms with Gasteiger partial charge in [0.2, 0.25) is 0 Å². The summed E-state index contributed by atoms with van der Waals surface area (Å²) < 4.78 is 10.7. The first-order valence-corrected chi connectivity index (χ1v) is 6.09. The molecule has 4 heteroatoms. The van der Waals surface area contributed by atoms with Crippen molar-refractivity contribution in [1.82, 2.24) is 4.90 Å². The van der Waals surface area contributed by atoms with E-state index in [-0.39, 0.29) is 5.54 Å². The molecule has 0 heterocycles. The summed E-state index contributed by atoms with van der Waals surface area (Å²) in [4.78, 5) is 2.35. The molecule has 0 aliphatic heterocycles. The fraction of sp³-hybridized carbons (Fsp3) is 1.00. The van der Waals surface area contributed by atoms with Gasteiger partial charge in [-0.2, -0.15) is 0 Å². The normalized spacial score (nSPS) is 17.4. The van der Waals surface area contributed by atoms with Gasteiger partial charge in [-0.3, -0.25) is 4.90 Å². The van der Waals surface area contributed by atoms with Gasteiger partial charge in [-0.25, -0.2) is 0 Å². The Morgan fingerprint density at radius 1 is 1.38 bits per heavy atom. The summed E-state index contributed by atoms with van der Waals surface area (Å²) in [5, 5.41) is 0. The Morgan fingerprint density at radius 3 is 2.38 bits per heavy atom. The SMILES string of the molecule is CCOCC(C)(CN)N(CC)C(C)COC. The highest BCUT2D eigenvalue weighted by Gasteiger charge is 2.32. The van der Waals surface area contributed by atoms with Gasteiger partial charge in [0.05, 0.1) is 18.8 Å². The molecule has 98 valence electrons. The zero-order valence-corrected chi connectivity index (χ0v) is 11.5. The molecule has 0 aromatic rings. The summed E-state index contributed by atoms with van der Waals surface area (Å²) in [5.74, 6) is 0. The molecule has 0 aromatic heterocycles. The number of likely N-dealkylation sites (N-methyl/N-ethyl adjacent to an activating group) is 1. The summed E-state index contributed by atoms with van der Waals surface area (Å²) in [6.45, 7) is 12.1. The maximum Gasteiger partial charge on any atom is 0.0660 e. The van der Waals surface area contributed by atoms with Crippen molar-refractivity contribution in [3.05, 3.63) is 0 Å². The lowest BCUT2D eigenvalue weighted by molar-refractivity contribution is -0.0243. The van der Waals surface area contributed by atoms with Gasteiger partial charge in [-0.05, 0) is 27.3 Å². The highest BCUT2D eigenvalue weighted by molar-refractivity contribution is 4.89. The van der Waals surface area contributed by atoms with Crippen molar-refractivity contribution in [2.45, 2.75) is 39.3 Å². The van der Waals surface area contributed by atoms with Crippen molar-refractivity contribution >= 4 is 0 Å². The molecule has 0 rings (SSSR count). The van der Waals surface area contributed by atoms with Crippen LogP contribution in [0.2, 0.25) is 0 Å². The third-order valence-electron chi connectivity index (χ3n) is 3.03. The van der Waals surface area contributed by atoms with Crippen LogP contribution in [-0.2, 0) is 9.47 Å². The number of hydrogen-bond acceptors (Lipinski definition) is 4. The average molecular weight is 232 g/mol. The third kappa shape index (κ3) is 4.37. The fourth-order valence-corrected chi connectivity index (χ4v) is 2.14. The molecule has 2 unspecified atom stereocenters. The molecule has 0 aromatic carbocycles. The minimum Gasteiger partial charge on any atom is -0.383 e. The monoisotopic (exact) mass is 232 g/mol. The molecule has 0 saturated heterocycles. The molecule has 0 amide bonds. The zero-order chi connectivity index (χ0) is 12.6. The van der Waals surface area contributed by atoms with E-state index in [2.05, 4.69) is 25.7 Å². The van der Waals surface area contributed by atoms with Crippen LogP contribution in [0, 0.1) is 0 Å². The first-order valence-electron chi connectivity index (χ1n) is 6.09. The molecule has 0 fully saturated rings. The highest BCUT2D eigenvalue weighted by atomic mass is 16.5. The lowest BCUT2D eigenvalue weighted by Crippen LogP contribution is -2.58. The summed E-state index contributed by atoms with van der Waals surface area (Å²) in [6.07, 6.45) is 0. The van der Waals surface area contributed by atoms with E-state index in [0.29, 0.717) is 19.2 Å². The molecule has 0 spiro atoms. The molecule has 2 N–H and O–H groups in total. The van der Waals surface area contributed by atoms with Crippen molar-refractivity contribution in [2.24, 2.45) is 5.73 Å². The zero-order valence-electron chi connectivity index (χ0n) is 11.5. The van der Waals surface area contributed by atoms with Crippen LogP contribution in [0.3, 0.4) is 0 Å². The van der Waals surface area contributed by atoms with E-state index in [1.54, 1.807) is 7.11 Å². The van der Waals surface area contributed by atoms with E-state index in [1.165, 1.54) is 0 Å². The predicted octanol–water partition coefficient (Wildman–Crippen LogP) is 1.10. The first-order chi connectivity index (χ1) is 7.55. The van der Waals surface area contributed by atoms with Gasteiger partial charge in [-0.15, -0.1) is 0 Å². The van der Waals surface area contributed by atoms with Crippen LogP contribution in [0.15, 0.2) is 0 Å². The van der Waals surface area contributed by atoms with Gasteiger partial charge >= 0.3 is 0 Å². The number of nitrogens with two attached hydrogens (primary N) is 1. The molecular weight excluding hydrogens is 204 g/mol. The molecule has 4 nitrogen and oxygen atoms in total. The Hall–Kier alpha value is -0.160. The second-order valence-electron chi connectivity index (χ2n) is 4.43. The van der Waals surface area contributed by atoms with Crippen LogP contribution in [-0.4, -0.2) is 56.5 Å². The largest absolute Gasteiger partial charge is 0.383 e. The molecule has 0 aliphatic carbocycles. The Bertz CT molecular complexity index is 178. The molecule has 16 heavy (non-hydrogen) atoms. The van der Waals surface area contributed by atoms with Crippen LogP contribution in [0.4, 0.5) is 0 Å². The van der Waals surface area contributed by atoms with Gasteiger partial charge in [0.25, 0.3) is 0 Å². The van der Waals surface area contributed by atoms with E-state index in [0.717, 1.165) is 19.8 Å². The van der Waals surface area contributed by atoms with Crippen molar-refractivity contribution in [3.63, 3.8) is 0 Å². The van der Waals surface area contributed by atoms with Gasteiger partial charge in [0, 0.05) is 26.3 Å². The predicted molar refractivity (Wildman–Crippen MR) is 67.7 cm³/mol. The van der Waals surface area contributed by atoms with E-state index in [4.69, 9.17) is 15.2 Å². The first kappa shape index (κ1) is 15.8. The Balaban J connectivity index is 4.57. The summed E-state index contributed by atoms with van der Waals surface area (Å²) in [6, 6.07) is 0.351. The number of ether oxygens (including phenoxy) is 2. The second kappa shape index (κ2) is 8.01. The van der Waals surface area contributed by atoms with E-state index < -0.39 is 0 Å². The van der Waals surface area contributed by atoms with Gasteiger partial charge in [0.15, 0.2) is 0 Å². The lowest BCUT2D eigenvalue weighted by Gasteiger charge is -2.43. The van der Waals surface area contributed by atoms with Gasteiger partial charge in [0.1, 0.15) is 0 Å². The summed E-state index contributed by atoms with van der Waals surface area (Å²) >= 11 is 0. The minimum atomic E-state index is -0.108. The highest BCUT2D eigenvalue weighted by Crippen LogP contribution is 2.18. The number of hydrogen-bond donors (Lipinski definition) is 1. The molecule has 0 radical (unpaired) electrons. The minimum absolute atomic E-state index is 0.108. The quantitative estimate of drug-likeness (QED) is 0.646. The van der Waals surface area contributed by atoms with Crippen LogP contribution >= 0.6 is 0 Å². The van der Waals surface area contributed by atoms with Crippen molar-refractivity contribution < 1.29 is 9.47 Å². The van der Waals surface area contributed by atoms with Crippen molar-refractivity contribution in [2.75, 3.05) is 40.0 Å². The Kier molecular flexibility index (Phi) is 7.93. The lowest BCUT2D eigenvalue weighted by atomic mass is 9.99. The van der Waals surface area contributed by atoms with Crippen molar-refractivity contribution in [3.8, 4) is 0 Å². The van der Waals surface area contributed by atoms with Crippen LogP contribution in [0.25, 0.3) is 0 Å². The smallest absolute Gasteiger partial charge is 0.0660 e. The van der Waals surface area contributed by atoms with Crippen LogP contribution in [0.1, 0.15) is 27.7 Å². The molecular formula is C12H28N2O2. The Morgan fingerprint density at radius 2 is 2.00 bits per heavy atom. The summed E-state index contributed by atoms with van der Waals surface area (Å²) in [5.41, 5.74) is 5.79. The number of rotatable bonds is 9. The molecule has 0 bridgehead atoms. The fourth-order valence-electron chi connectivity index (χ4n) is 2.14. The third-order valence-corrected chi connectivity index (χ3v) is 3.03. The van der Waals surface area contributed by atoms with Crippen LogP contribution in [0.5, 0.6) is 0 Å². The maximum absolute atomic E-state index is 5.90.